The molecule has 26 heavy (non-hydrogen) atoms. The molecule has 0 aliphatic heterocycles. The molecule has 3 aromatic rings. The van der Waals surface area contributed by atoms with Gasteiger partial charge in [-0.15, -0.1) is 0 Å². The lowest BCUT2D eigenvalue weighted by Gasteiger charge is -2.12. The first-order valence-corrected chi connectivity index (χ1v) is 7.86. The summed E-state index contributed by atoms with van der Waals surface area (Å²) in [4.78, 5) is 20.4. The average molecular weight is 352 g/mol. The van der Waals surface area contributed by atoms with Gasteiger partial charge in [0.1, 0.15) is 29.4 Å². The van der Waals surface area contributed by atoms with Crippen molar-refractivity contribution in [2.24, 2.45) is 0 Å². The highest BCUT2D eigenvalue weighted by molar-refractivity contribution is 6.03. The Morgan fingerprint density at radius 2 is 1.88 bits per heavy atom. The first kappa shape index (κ1) is 17.3. The van der Waals surface area contributed by atoms with Crippen molar-refractivity contribution in [2.75, 3.05) is 17.7 Å². The summed E-state index contributed by atoms with van der Waals surface area (Å²) in [5.41, 5.74) is 1.95. The molecule has 3 rings (SSSR count). The van der Waals surface area contributed by atoms with E-state index >= 15 is 0 Å². The van der Waals surface area contributed by atoms with Gasteiger partial charge in [-0.1, -0.05) is 18.2 Å². The molecule has 0 aliphatic carbocycles. The Morgan fingerprint density at radius 3 is 2.65 bits per heavy atom. The maximum Gasteiger partial charge on any atom is 0.274 e. The number of aromatic nitrogens is 2. The van der Waals surface area contributed by atoms with Gasteiger partial charge < -0.3 is 15.4 Å². The number of aryl methyl sites for hydroxylation is 1. The minimum Gasteiger partial charge on any atom is -0.495 e. The minimum atomic E-state index is -0.531. The molecule has 1 amide bonds. The summed E-state index contributed by atoms with van der Waals surface area (Å²) in [6.45, 7) is 1.96. The number of ether oxygens (including phenoxy) is 1. The number of anilines is 3. The highest BCUT2D eigenvalue weighted by Crippen LogP contribution is 2.28. The summed E-state index contributed by atoms with van der Waals surface area (Å²) in [5.74, 6) is 0.0173. The van der Waals surface area contributed by atoms with Crippen LogP contribution in [0.5, 0.6) is 5.75 Å². The fourth-order valence-corrected chi connectivity index (χ4v) is 2.36. The van der Waals surface area contributed by atoms with Crippen LogP contribution in [0.15, 0.2) is 54.9 Å². The smallest absolute Gasteiger partial charge is 0.274 e. The van der Waals surface area contributed by atoms with Crippen LogP contribution in [0.1, 0.15) is 16.1 Å². The molecule has 7 heteroatoms. The lowest BCUT2D eigenvalue weighted by Crippen LogP contribution is -2.15. The van der Waals surface area contributed by atoms with Crippen LogP contribution in [0.2, 0.25) is 0 Å². The zero-order valence-electron chi connectivity index (χ0n) is 14.3. The monoisotopic (exact) mass is 352 g/mol. The van der Waals surface area contributed by atoms with Crippen LogP contribution in [-0.4, -0.2) is 23.0 Å². The molecule has 6 nitrogen and oxygen atoms in total. The Kier molecular flexibility index (Phi) is 5.07. The standard InChI is InChI=1S/C19H17FN4O2/c1-12-7-8-17(26-2)15(9-12)23-18-10-16(21-11-22-18)19(25)24-14-6-4-3-5-13(14)20/h3-11H,1-2H3,(H,24,25)(H,21,22,23). The molecule has 1 heterocycles. The van der Waals surface area contributed by atoms with E-state index in [-0.39, 0.29) is 11.4 Å². The van der Waals surface area contributed by atoms with E-state index in [2.05, 4.69) is 20.6 Å². The zero-order valence-corrected chi connectivity index (χ0v) is 14.3. The Morgan fingerprint density at radius 1 is 1.08 bits per heavy atom. The van der Waals surface area contributed by atoms with Crippen molar-refractivity contribution in [2.45, 2.75) is 6.92 Å². The van der Waals surface area contributed by atoms with E-state index in [4.69, 9.17) is 4.74 Å². The van der Waals surface area contributed by atoms with Crippen LogP contribution < -0.4 is 15.4 Å². The zero-order chi connectivity index (χ0) is 18.5. The van der Waals surface area contributed by atoms with Crippen molar-refractivity contribution in [3.8, 4) is 5.75 Å². The van der Waals surface area contributed by atoms with Crippen LogP contribution in [0, 0.1) is 12.7 Å². The summed E-state index contributed by atoms with van der Waals surface area (Å²) in [6, 6.07) is 13.1. The van der Waals surface area contributed by atoms with Gasteiger partial charge >= 0.3 is 0 Å². The summed E-state index contributed by atoms with van der Waals surface area (Å²) in [7, 11) is 1.57. The highest BCUT2D eigenvalue weighted by Gasteiger charge is 2.12. The van der Waals surface area contributed by atoms with Crippen LogP contribution in [0.4, 0.5) is 21.6 Å². The van der Waals surface area contributed by atoms with Crippen molar-refractivity contribution < 1.29 is 13.9 Å². The fourth-order valence-electron chi connectivity index (χ4n) is 2.36. The number of nitrogens with zero attached hydrogens (tertiary/aromatic N) is 2. The van der Waals surface area contributed by atoms with Crippen molar-refractivity contribution in [1.82, 2.24) is 9.97 Å². The van der Waals surface area contributed by atoms with Gasteiger partial charge in [-0.2, -0.15) is 0 Å². The van der Waals surface area contributed by atoms with Gasteiger partial charge in [-0.25, -0.2) is 14.4 Å². The molecule has 2 aromatic carbocycles. The molecule has 0 atom stereocenters. The molecule has 0 saturated carbocycles. The van der Waals surface area contributed by atoms with E-state index < -0.39 is 11.7 Å². The number of rotatable bonds is 5. The number of benzene rings is 2. The third kappa shape index (κ3) is 3.94. The minimum absolute atomic E-state index is 0.0889. The van der Waals surface area contributed by atoms with Crippen LogP contribution in [-0.2, 0) is 0 Å². The Labute approximate surface area is 150 Å². The number of hydrogen-bond donors (Lipinski definition) is 2. The van der Waals surface area contributed by atoms with E-state index in [1.165, 1.54) is 24.5 Å². The number of methoxy groups -OCH3 is 1. The average Bonchev–Trinajstić information content (AvgIpc) is 2.64. The second-order valence-electron chi connectivity index (χ2n) is 5.55. The number of para-hydroxylation sites is 1. The predicted molar refractivity (Wildman–Crippen MR) is 97.4 cm³/mol. The molecule has 0 saturated heterocycles. The highest BCUT2D eigenvalue weighted by atomic mass is 19.1. The number of amides is 1. The molecular formula is C19H17FN4O2. The van der Waals surface area contributed by atoms with Crippen LogP contribution >= 0.6 is 0 Å². The molecule has 0 unspecified atom stereocenters. The Hall–Kier alpha value is -3.48. The maximum absolute atomic E-state index is 13.7. The van der Waals surface area contributed by atoms with E-state index in [1.807, 2.05) is 25.1 Å². The summed E-state index contributed by atoms with van der Waals surface area (Å²) in [6.07, 6.45) is 1.26. The quantitative estimate of drug-likeness (QED) is 0.728. The number of halogens is 1. The normalized spacial score (nSPS) is 10.3. The second-order valence-corrected chi connectivity index (χ2v) is 5.55. The van der Waals surface area contributed by atoms with Gasteiger partial charge in [-0.05, 0) is 36.8 Å². The maximum atomic E-state index is 13.7. The second kappa shape index (κ2) is 7.60. The number of carbonyl (C=O) groups excluding carboxylic acids is 1. The SMILES string of the molecule is COc1ccc(C)cc1Nc1cc(C(=O)Nc2ccccc2F)ncn1. The van der Waals surface area contributed by atoms with Gasteiger partial charge in [0.2, 0.25) is 0 Å². The molecule has 0 spiro atoms. The predicted octanol–water partition coefficient (Wildman–Crippen LogP) is 3.93. The molecule has 2 N–H and O–H groups in total. The molecule has 0 aliphatic rings. The van der Waals surface area contributed by atoms with Gasteiger partial charge in [0.25, 0.3) is 5.91 Å². The van der Waals surface area contributed by atoms with Crippen molar-refractivity contribution in [1.29, 1.82) is 0 Å². The fraction of sp³-hybridized carbons (Fsp3) is 0.105. The largest absolute Gasteiger partial charge is 0.495 e. The first-order chi connectivity index (χ1) is 12.6. The summed E-state index contributed by atoms with van der Waals surface area (Å²) >= 11 is 0. The number of carbonyl (C=O) groups is 1. The van der Waals surface area contributed by atoms with Crippen molar-refractivity contribution >= 4 is 23.1 Å². The summed E-state index contributed by atoms with van der Waals surface area (Å²) < 4.78 is 19.0. The number of hydrogen-bond acceptors (Lipinski definition) is 5. The molecule has 0 fully saturated rings. The third-order valence-corrected chi connectivity index (χ3v) is 3.64. The van der Waals surface area contributed by atoms with Crippen molar-refractivity contribution in [3.05, 3.63) is 71.9 Å². The van der Waals surface area contributed by atoms with Crippen LogP contribution in [0.25, 0.3) is 0 Å². The summed E-state index contributed by atoms with van der Waals surface area (Å²) in [5, 5.41) is 5.60. The van der Waals surface area contributed by atoms with E-state index in [0.29, 0.717) is 17.3 Å². The molecule has 0 bridgehead atoms. The van der Waals surface area contributed by atoms with E-state index in [1.54, 1.807) is 19.2 Å². The molecule has 0 radical (unpaired) electrons. The first-order valence-electron chi connectivity index (χ1n) is 7.86. The van der Waals surface area contributed by atoms with Gasteiger partial charge in [0.15, 0.2) is 0 Å². The van der Waals surface area contributed by atoms with E-state index in [9.17, 15) is 9.18 Å². The number of nitrogens with one attached hydrogen (secondary N) is 2. The third-order valence-electron chi connectivity index (χ3n) is 3.64. The lowest BCUT2D eigenvalue weighted by atomic mass is 10.2. The van der Waals surface area contributed by atoms with Crippen LogP contribution in [0.3, 0.4) is 0 Å². The molecular weight excluding hydrogens is 335 g/mol. The van der Waals surface area contributed by atoms with E-state index in [0.717, 1.165) is 5.56 Å². The Balaban J connectivity index is 1.81. The Bertz CT molecular complexity index is 946. The lowest BCUT2D eigenvalue weighted by molar-refractivity contribution is 0.102. The van der Waals surface area contributed by atoms with Gasteiger partial charge in [-0.3, -0.25) is 4.79 Å². The topological polar surface area (TPSA) is 76.1 Å². The molecule has 1 aromatic heterocycles. The molecule has 132 valence electrons. The van der Waals surface area contributed by atoms with Crippen molar-refractivity contribution in [3.63, 3.8) is 0 Å². The van der Waals surface area contributed by atoms with Gasteiger partial charge in [0.05, 0.1) is 18.5 Å². The van der Waals surface area contributed by atoms with Gasteiger partial charge in [0, 0.05) is 6.07 Å².